The fourth-order valence-corrected chi connectivity index (χ4v) is 5.41. The molecule has 0 bridgehead atoms. The molecule has 5 aliphatic rings. The van der Waals surface area contributed by atoms with E-state index in [9.17, 15) is 14.0 Å². The van der Waals surface area contributed by atoms with Gasteiger partial charge in [-0.15, -0.1) is 0 Å². The lowest BCUT2D eigenvalue weighted by molar-refractivity contribution is -0.121. The second kappa shape index (κ2) is 9.17. The van der Waals surface area contributed by atoms with Crippen LogP contribution in [0.2, 0.25) is 0 Å². The van der Waals surface area contributed by atoms with Gasteiger partial charge in [0, 0.05) is 67.8 Å². The molecule has 4 aliphatic heterocycles. The van der Waals surface area contributed by atoms with Gasteiger partial charge in [-0.05, 0) is 55.6 Å². The zero-order valence-electron chi connectivity index (χ0n) is 20.9. The Kier molecular flexibility index (Phi) is 5.81. The Hall–Kier alpha value is -3.95. The number of H-pyrrole nitrogens is 1. The van der Waals surface area contributed by atoms with E-state index >= 15 is 0 Å². The first-order chi connectivity index (χ1) is 17.9. The molecule has 0 spiro atoms. The molecular weight excluding hydrogens is 471 g/mol. The number of likely N-dealkylation sites (N-methyl/N-ethyl adjacent to an activating group) is 1. The SMILES string of the molecule is CN1CCN(CC(=O)NC2=c3ccc4c5c([nH]c(=O)c-5c3N(C)C=C2)=CCN4c2ccc(F)cc2)CC1. The average Bonchev–Trinajstić information content (AvgIpc) is 3.09. The Labute approximate surface area is 213 Å². The number of hydrogen-bond acceptors (Lipinski definition) is 6. The Morgan fingerprint density at radius 1 is 1.03 bits per heavy atom. The van der Waals surface area contributed by atoms with Crippen molar-refractivity contribution in [3.8, 4) is 11.1 Å². The fourth-order valence-electron chi connectivity index (χ4n) is 5.41. The van der Waals surface area contributed by atoms with Gasteiger partial charge in [-0.25, -0.2) is 4.39 Å². The lowest BCUT2D eigenvalue weighted by atomic mass is 10.0. The van der Waals surface area contributed by atoms with Crippen LogP contribution >= 0.6 is 0 Å². The maximum Gasteiger partial charge on any atom is 0.258 e. The highest BCUT2D eigenvalue weighted by Crippen LogP contribution is 2.37. The molecule has 2 N–H and O–H groups in total. The Morgan fingerprint density at radius 3 is 2.54 bits per heavy atom. The van der Waals surface area contributed by atoms with E-state index < -0.39 is 0 Å². The van der Waals surface area contributed by atoms with Gasteiger partial charge >= 0.3 is 0 Å². The number of piperazine rings is 1. The molecule has 0 unspecified atom stereocenters. The van der Waals surface area contributed by atoms with Gasteiger partial charge < -0.3 is 25.0 Å². The Morgan fingerprint density at radius 2 is 1.78 bits per heavy atom. The molecule has 4 heterocycles. The molecule has 0 atom stereocenters. The summed E-state index contributed by atoms with van der Waals surface area (Å²) in [7, 11) is 3.99. The number of anilines is 3. The number of nitrogens with one attached hydrogen (secondary N) is 2. The predicted molar refractivity (Wildman–Crippen MR) is 144 cm³/mol. The quantitative estimate of drug-likeness (QED) is 0.557. The number of nitrogens with zero attached hydrogens (tertiary/aromatic N) is 4. The molecule has 1 aromatic rings. The van der Waals surface area contributed by atoms with Gasteiger partial charge in [0.15, 0.2) is 0 Å². The number of benzene rings is 1. The summed E-state index contributed by atoms with van der Waals surface area (Å²) in [5.41, 5.74) is 4.27. The van der Waals surface area contributed by atoms with Crippen LogP contribution in [0.3, 0.4) is 0 Å². The van der Waals surface area contributed by atoms with Crippen LogP contribution in [0.4, 0.5) is 21.5 Å². The molecule has 0 saturated carbocycles. The second-order valence-corrected chi connectivity index (χ2v) is 9.86. The van der Waals surface area contributed by atoms with Gasteiger partial charge in [-0.1, -0.05) is 0 Å². The van der Waals surface area contributed by atoms with E-state index in [1.54, 1.807) is 12.1 Å². The number of halogens is 1. The molecule has 0 aromatic heterocycles. The van der Waals surface area contributed by atoms with Crippen molar-refractivity contribution < 1.29 is 9.18 Å². The number of aromatic amines is 1. The minimum atomic E-state index is -0.299. The summed E-state index contributed by atoms with van der Waals surface area (Å²) in [6, 6.07) is 10.3. The number of fused-ring (bicyclic) bond motifs is 2. The molecule has 1 fully saturated rings. The van der Waals surface area contributed by atoms with E-state index in [4.69, 9.17) is 0 Å². The molecule has 1 amide bonds. The van der Waals surface area contributed by atoms with Crippen LogP contribution in [0, 0.1) is 5.82 Å². The van der Waals surface area contributed by atoms with E-state index in [1.807, 2.05) is 42.4 Å². The molecule has 9 heteroatoms. The zero-order chi connectivity index (χ0) is 25.7. The van der Waals surface area contributed by atoms with Crippen molar-refractivity contribution in [3.05, 3.63) is 75.4 Å². The molecule has 6 rings (SSSR count). The summed E-state index contributed by atoms with van der Waals surface area (Å²) in [5, 5.41) is 4.64. The largest absolute Gasteiger partial charge is 0.350 e. The number of hydrogen-bond donors (Lipinski definition) is 2. The third-order valence-electron chi connectivity index (χ3n) is 7.40. The highest BCUT2D eigenvalue weighted by molar-refractivity contribution is 5.95. The number of carbonyl (C=O) groups is 1. The first-order valence-corrected chi connectivity index (χ1v) is 12.5. The van der Waals surface area contributed by atoms with E-state index in [0.29, 0.717) is 24.4 Å². The maximum atomic E-state index is 13.6. The highest BCUT2D eigenvalue weighted by Gasteiger charge is 2.28. The van der Waals surface area contributed by atoms with Crippen molar-refractivity contribution >= 4 is 34.7 Å². The summed E-state index contributed by atoms with van der Waals surface area (Å²) in [6.45, 7) is 4.46. The Bertz CT molecular complexity index is 1550. The van der Waals surface area contributed by atoms with Crippen LogP contribution in [-0.2, 0) is 4.79 Å². The van der Waals surface area contributed by atoms with Crippen LogP contribution in [-0.4, -0.2) is 74.1 Å². The molecular formula is C28H29FN6O2. The first kappa shape index (κ1) is 23.4. The predicted octanol–water partition coefficient (Wildman–Crippen LogP) is 0.986. The smallest absolute Gasteiger partial charge is 0.258 e. The molecule has 1 aromatic carbocycles. The minimum Gasteiger partial charge on any atom is -0.350 e. The van der Waals surface area contributed by atoms with Crippen LogP contribution < -0.4 is 31.2 Å². The lowest BCUT2D eigenvalue weighted by Gasteiger charge is -2.31. The normalized spacial score (nSPS) is 17.6. The van der Waals surface area contributed by atoms with Gasteiger partial charge in [0.25, 0.3) is 5.56 Å². The van der Waals surface area contributed by atoms with Crippen LogP contribution in [0.15, 0.2) is 53.5 Å². The lowest BCUT2D eigenvalue weighted by Crippen LogP contribution is -2.48. The van der Waals surface area contributed by atoms with Gasteiger partial charge in [0.2, 0.25) is 5.91 Å². The van der Waals surface area contributed by atoms with Crippen molar-refractivity contribution in [2.24, 2.45) is 0 Å². The zero-order valence-corrected chi connectivity index (χ0v) is 20.9. The molecule has 1 saturated heterocycles. The van der Waals surface area contributed by atoms with Crippen molar-refractivity contribution in [2.45, 2.75) is 0 Å². The summed E-state index contributed by atoms with van der Waals surface area (Å²) >= 11 is 0. The van der Waals surface area contributed by atoms with Gasteiger partial charge in [0.1, 0.15) is 5.82 Å². The van der Waals surface area contributed by atoms with E-state index in [1.165, 1.54) is 12.1 Å². The van der Waals surface area contributed by atoms with E-state index in [-0.39, 0.29) is 17.3 Å². The standard InChI is InChI=1S/C28H29FN6O2/c1-32-13-15-34(16-14-32)17-24(36)30-21-9-11-33(2)27-20(21)7-8-23-25-22(31-28(37)26(25)27)10-12-35(23)19-5-3-18(29)4-6-19/h3-11H,12-17H2,1-2H3,(H,30,36)(H,31,37). The molecule has 37 heavy (non-hydrogen) atoms. The first-order valence-electron chi connectivity index (χ1n) is 12.5. The molecule has 1 aliphatic carbocycles. The summed E-state index contributed by atoms with van der Waals surface area (Å²) in [4.78, 5) is 37.7. The van der Waals surface area contributed by atoms with Crippen LogP contribution in [0.1, 0.15) is 0 Å². The monoisotopic (exact) mass is 500 g/mol. The van der Waals surface area contributed by atoms with Crippen molar-refractivity contribution in [2.75, 3.05) is 63.2 Å². The maximum absolute atomic E-state index is 13.6. The second-order valence-electron chi connectivity index (χ2n) is 9.86. The number of amides is 1. The van der Waals surface area contributed by atoms with Crippen molar-refractivity contribution in [1.82, 2.24) is 20.1 Å². The van der Waals surface area contributed by atoms with Crippen molar-refractivity contribution in [3.63, 3.8) is 0 Å². The third kappa shape index (κ3) is 4.20. The third-order valence-corrected chi connectivity index (χ3v) is 7.40. The van der Waals surface area contributed by atoms with Crippen LogP contribution in [0.25, 0.3) is 22.9 Å². The minimum absolute atomic E-state index is 0.0784. The number of carbonyl (C=O) groups excluding carboxylic acids is 1. The average molecular weight is 501 g/mol. The molecule has 0 radical (unpaired) electrons. The number of aromatic nitrogens is 1. The summed E-state index contributed by atoms with van der Waals surface area (Å²) in [6.07, 6.45) is 5.72. The van der Waals surface area contributed by atoms with Crippen molar-refractivity contribution in [1.29, 1.82) is 0 Å². The summed E-state index contributed by atoms with van der Waals surface area (Å²) < 4.78 is 13.6. The topological polar surface area (TPSA) is 74.9 Å². The highest BCUT2D eigenvalue weighted by atomic mass is 19.1. The van der Waals surface area contributed by atoms with Gasteiger partial charge in [-0.2, -0.15) is 0 Å². The summed E-state index contributed by atoms with van der Waals surface area (Å²) in [5.74, 6) is -0.377. The van der Waals surface area contributed by atoms with Gasteiger partial charge in [-0.3, -0.25) is 14.5 Å². The van der Waals surface area contributed by atoms with E-state index in [2.05, 4.69) is 32.0 Å². The Balaban J connectivity index is 1.45. The van der Waals surface area contributed by atoms with Crippen LogP contribution in [0.5, 0.6) is 0 Å². The number of rotatable bonds is 4. The fraction of sp³-hybridized carbons (Fsp3) is 0.286. The molecule has 190 valence electrons. The van der Waals surface area contributed by atoms with Gasteiger partial charge in [0.05, 0.1) is 29.2 Å². The molecule has 8 nitrogen and oxygen atoms in total. The van der Waals surface area contributed by atoms with E-state index in [0.717, 1.165) is 59.4 Å².